The van der Waals surface area contributed by atoms with Crippen molar-refractivity contribution in [3.63, 3.8) is 0 Å². The second kappa shape index (κ2) is 8.93. The summed E-state index contributed by atoms with van der Waals surface area (Å²) in [6.07, 6.45) is 9.15. The molecule has 3 atom stereocenters. The van der Waals surface area contributed by atoms with Crippen molar-refractivity contribution in [1.29, 1.82) is 0 Å². The van der Waals surface area contributed by atoms with Crippen LogP contribution >= 0.6 is 40.2 Å². The maximum absolute atomic E-state index is 2.77. The summed E-state index contributed by atoms with van der Waals surface area (Å²) in [7, 11) is -1.21. The monoisotopic (exact) mass is 514 g/mol. The zero-order valence-corrected chi connectivity index (χ0v) is 19.5. The Morgan fingerprint density at radius 3 is 1.86 bits per heavy atom. The van der Waals surface area contributed by atoms with Crippen LogP contribution in [0.25, 0.3) is 0 Å². The highest BCUT2D eigenvalue weighted by Gasteiger charge is 2.36. The molecule has 28 heavy (non-hydrogen) atoms. The van der Waals surface area contributed by atoms with Crippen LogP contribution < -0.4 is 0 Å². The first-order valence-corrected chi connectivity index (χ1v) is 14.5. The molecule has 3 aromatic carbocycles. The molecule has 3 aromatic rings. The van der Waals surface area contributed by atoms with Gasteiger partial charge in [0.15, 0.2) is 0 Å². The van der Waals surface area contributed by atoms with Crippen molar-refractivity contribution in [2.24, 2.45) is 5.92 Å². The van der Waals surface area contributed by atoms with E-state index >= 15 is 0 Å². The maximum Gasteiger partial charge on any atom is 0.0295 e. The Bertz CT molecular complexity index is 964. The van der Waals surface area contributed by atoms with Gasteiger partial charge in [0.25, 0.3) is 0 Å². The van der Waals surface area contributed by atoms with Gasteiger partial charge in [-0.3, -0.25) is 0 Å². The third-order valence-electron chi connectivity index (χ3n) is 4.95. The molecule has 0 aliphatic heterocycles. The van der Waals surface area contributed by atoms with Crippen molar-refractivity contribution in [2.45, 2.75) is 31.8 Å². The van der Waals surface area contributed by atoms with Gasteiger partial charge in [-0.05, 0) is 75.7 Å². The van der Waals surface area contributed by atoms with E-state index in [9.17, 15) is 0 Å². The molecule has 0 heterocycles. The maximum atomic E-state index is 2.77. The third kappa shape index (κ3) is 4.12. The van der Waals surface area contributed by atoms with Crippen LogP contribution in [0.15, 0.2) is 129 Å². The standard InChI is InChI=1S/C25H23IS2/c1-20-10-8-9-15-25(20)28(26,23-13-6-3-7-14-23)24-18-16-22(17-19-24)27-21-11-4-2-5-12-21/h2-20,25H,1H3. The number of benzene rings is 3. The minimum atomic E-state index is -1.21. The first kappa shape index (κ1) is 19.9. The molecule has 0 spiro atoms. The molecular formula is C25H23IS2. The Hall–Kier alpha value is -1.43. The average Bonchev–Trinajstić information content (AvgIpc) is 2.75. The summed E-state index contributed by atoms with van der Waals surface area (Å²) >= 11 is 4.59. The van der Waals surface area contributed by atoms with E-state index in [0.29, 0.717) is 11.2 Å². The molecule has 0 radical (unpaired) electrons. The lowest BCUT2D eigenvalue weighted by molar-refractivity contribution is 0.746. The summed E-state index contributed by atoms with van der Waals surface area (Å²) in [5.41, 5.74) is 0. The van der Waals surface area contributed by atoms with E-state index in [1.807, 2.05) is 11.8 Å². The second-order valence-electron chi connectivity index (χ2n) is 6.87. The van der Waals surface area contributed by atoms with Crippen molar-refractivity contribution < 1.29 is 0 Å². The van der Waals surface area contributed by atoms with Crippen LogP contribution in [0.2, 0.25) is 0 Å². The van der Waals surface area contributed by atoms with Crippen LogP contribution in [0.4, 0.5) is 0 Å². The molecule has 4 rings (SSSR count). The molecular weight excluding hydrogens is 491 g/mol. The predicted octanol–water partition coefficient (Wildman–Crippen LogP) is 8.54. The fourth-order valence-corrected chi connectivity index (χ4v) is 11.0. The highest BCUT2D eigenvalue weighted by atomic mass is 127. The molecule has 0 aromatic heterocycles. The molecule has 0 nitrogen and oxygen atoms in total. The normalized spacial score (nSPS) is 21.8. The average molecular weight is 514 g/mol. The summed E-state index contributed by atoms with van der Waals surface area (Å²) in [6, 6.07) is 30.9. The van der Waals surface area contributed by atoms with E-state index in [-0.39, 0.29) is 0 Å². The molecule has 0 amide bonds. The van der Waals surface area contributed by atoms with Gasteiger partial charge in [0.2, 0.25) is 0 Å². The quantitative estimate of drug-likeness (QED) is 0.308. The van der Waals surface area contributed by atoms with E-state index in [4.69, 9.17) is 0 Å². The smallest absolute Gasteiger partial charge is 0.0295 e. The van der Waals surface area contributed by atoms with Crippen LogP contribution in [-0.4, -0.2) is 5.25 Å². The van der Waals surface area contributed by atoms with Gasteiger partial charge in [0.05, 0.1) is 0 Å². The molecule has 0 fully saturated rings. The molecule has 1 aliphatic rings. The van der Waals surface area contributed by atoms with E-state index in [2.05, 4.69) is 137 Å². The molecule has 1 aliphatic carbocycles. The predicted molar refractivity (Wildman–Crippen MR) is 133 cm³/mol. The lowest BCUT2D eigenvalue weighted by atomic mass is 10.0. The summed E-state index contributed by atoms with van der Waals surface area (Å²) in [4.78, 5) is 5.44. The van der Waals surface area contributed by atoms with E-state index in [1.54, 1.807) is 0 Å². The SMILES string of the molecule is CC1C=CC=CC1S(I)(c1ccccc1)c1ccc(Sc2ccccc2)cc1. The van der Waals surface area contributed by atoms with E-state index in [0.717, 1.165) is 0 Å². The molecule has 142 valence electrons. The minimum Gasteiger partial charge on any atom is -0.126 e. The molecule has 0 N–H and O–H groups in total. The first-order chi connectivity index (χ1) is 13.7. The highest BCUT2D eigenvalue weighted by Crippen LogP contribution is 2.74. The van der Waals surface area contributed by atoms with Gasteiger partial charge in [-0.1, -0.05) is 79.4 Å². The van der Waals surface area contributed by atoms with Crippen LogP contribution in [0.3, 0.4) is 0 Å². The van der Waals surface area contributed by atoms with E-state index in [1.165, 1.54) is 19.6 Å². The lowest BCUT2D eigenvalue weighted by Crippen LogP contribution is -2.21. The number of halogens is 1. The molecule has 0 bridgehead atoms. The van der Waals surface area contributed by atoms with Crippen molar-refractivity contribution >= 4 is 40.2 Å². The Balaban J connectivity index is 1.71. The zero-order valence-electron chi connectivity index (χ0n) is 15.7. The van der Waals surface area contributed by atoms with Crippen LogP contribution in [-0.2, 0) is 0 Å². The molecule has 3 heteroatoms. The van der Waals surface area contributed by atoms with Crippen molar-refractivity contribution in [3.05, 3.63) is 109 Å². The van der Waals surface area contributed by atoms with Gasteiger partial charge in [0, 0.05) is 24.8 Å². The van der Waals surface area contributed by atoms with Crippen LogP contribution in [0.5, 0.6) is 0 Å². The van der Waals surface area contributed by atoms with Gasteiger partial charge in [-0.2, -0.15) is 0 Å². The Morgan fingerprint density at radius 1 is 0.679 bits per heavy atom. The fourth-order valence-electron chi connectivity index (χ4n) is 3.50. The van der Waals surface area contributed by atoms with Crippen molar-refractivity contribution in [2.75, 3.05) is 0 Å². The van der Waals surface area contributed by atoms with Crippen molar-refractivity contribution in [3.8, 4) is 0 Å². The Kier molecular flexibility index (Phi) is 6.34. The first-order valence-electron chi connectivity index (χ1n) is 9.43. The molecule has 3 unspecified atom stereocenters. The van der Waals surface area contributed by atoms with Crippen molar-refractivity contribution in [1.82, 2.24) is 0 Å². The molecule has 0 saturated heterocycles. The van der Waals surface area contributed by atoms with E-state index < -0.39 is 7.20 Å². The third-order valence-corrected chi connectivity index (χ3v) is 14.0. The van der Waals surface area contributed by atoms with Crippen LogP contribution in [0.1, 0.15) is 6.92 Å². The minimum absolute atomic E-state index is 0.494. The topological polar surface area (TPSA) is 0 Å². The largest absolute Gasteiger partial charge is 0.126 e. The van der Waals surface area contributed by atoms with Gasteiger partial charge >= 0.3 is 0 Å². The van der Waals surface area contributed by atoms with Gasteiger partial charge < -0.3 is 0 Å². The summed E-state index contributed by atoms with van der Waals surface area (Å²) in [5, 5.41) is 0.494. The molecule has 0 saturated carbocycles. The number of rotatable bonds is 5. The van der Waals surface area contributed by atoms with Gasteiger partial charge in [-0.15, -0.1) is 7.20 Å². The Labute approximate surface area is 186 Å². The van der Waals surface area contributed by atoms with Gasteiger partial charge in [-0.25, -0.2) is 0 Å². The van der Waals surface area contributed by atoms with Crippen LogP contribution in [0, 0.1) is 5.92 Å². The fraction of sp³-hybridized carbons (Fsp3) is 0.120. The van der Waals surface area contributed by atoms with Gasteiger partial charge in [0.1, 0.15) is 0 Å². The summed E-state index contributed by atoms with van der Waals surface area (Å²) in [5.74, 6) is 0.524. The number of hydrogen-bond acceptors (Lipinski definition) is 1. The summed E-state index contributed by atoms with van der Waals surface area (Å²) in [6.45, 7) is 2.34. The number of hydrogen-bond donors (Lipinski definition) is 0. The lowest BCUT2D eigenvalue weighted by Gasteiger charge is -2.43. The number of allylic oxidation sites excluding steroid dienone is 3. The second-order valence-corrected chi connectivity index (χ2v) is 14.8. The summed E-state index contributed by atoms with van der Waals surface area (Å²) < 4.78 is 0. The highest BCUT2D eigenvalue weighted by molar-refractivity contribution is 14.2. The zero-order chi connectivity index (χ0) is 19.4. The Morgan fingerprint density at radius 2 is 1.21 bits per heavy atom.